The van der Waals surface area contributed by atoms with E-state index in [0.717, 1.165) is 37.4 Å². The van der Waals surface area contributed by atoms with Gasteiger partial charge >= 0.3 is 0 Å². The number of nitrogens with zero attached hydrogens (tertiary/aromatic N) is 3. The van der Waals surface area contributed by atoms with Crippen LogP contribution in [0.2, 0.25) is 0 Å². The van der Waals surface area contributed by atoms with E-state index in [9.17, 15) is 4.79 Å². The molecule has 1 aromatic heterocycles. The van der Waals surface area contributed by atoms with Crippen molar-refractivity contribution in [1.29, 1.82) is 0 Å². The highest BCUT2D eigenvalue weighted by Gasteiger charge is 2.19. The van der Waals surface area contributed by atoms with E-state index in [1.807, 2.05) is 54.3 Å². The molecule has 0 N–H and O–H groups in total. The molecule has 0 aliphatic carbocycles. The van der Waals surface area contributed by atoms with Gasteiger partial charge in [-0.1, -0.05) is 23.4 Å². The molecule has 6 heteroatoms. The Bertz CT molecular complexity index is 746. The van der Waals surface area contributed by atoms with Crippen LogP contribution in [0.15, 0.2) is 34.9 Å². The van der Waals surface area contributed by atoms with E-state index in [4.69, 9.17) is 9.26 Å². The van der Waals surface area contributed by atoms with Gasteiger partial charge in [0.2, 0.25) is 0 Å². The van der Waals surface area contributed by atoms with E-state index in [1.54, 1.807) is 0 Å². The van der Waals surface area contributed by atoms with Gasteiger partial charge in [0, 0.05) is 37.8 Å². The van der Waals surface area contributed by atoms with Crippen LogP contribution in [0.25, 0.3) is 12.2 Å². The fraction of sp³-hybridized carbons (Fsp3) is 0.368. The number of ether oxygens (including phenoxy) is 1. The molecule has 0 saturated carbocycles. The van der Waals surface area contributed by atoms with Gasteiger partial charge < -0.3 is 19.1 Å². The molecule has 1 fully saturated rings. The first-order chi connectivity index (χ1) is 12.1. The van der Waals surface area contributed by atoms with Gasteiger partial charge in [0.05, 0.1) is 5.69 Å². The zero-order chi connectivity index (χ0) is 17.6. The standard InChI is InChI=1S/C19H23N3O3/c1-15-13-17(25-20-15)8-7-16-5-3-4-6-18(16)24-14-19(23)22-11-9-21(2)10-12-22/h3-8,13H,9-12,14H2,1-2H3/b8-7+. The van der Waals surface area contributed by atoms with E-state index >= 15 is 0 Å². The van der Waals surface area contributed by atoms with Crippen LogP contribution in [0.3, 0.4) is 0 Å². The average Bonchev–Trinajstić information content (AvgIpc) is 3.04. The maximum atomic E-state index is 12.3. The van der Waals surface area contributed by atoms with Gasteiger partial charge in [-0.05, 0) is 32.2 Å². The summed E-state index contributed by atoms with van der Waals surface area (Å²) in [5, 5.41) is 3.86. The molecule has 0 spiro atoms. The summed E-state index contributed by atoms with van der Waals surface area (Å²) in [5.74, 6) is 1.39. The highest BCUT2D eigenvalue weighted by atomic mass is 16.5. The van der Waals surface area contributed by atoms with Gasteiger partial charge in [0.1, 0.15) is 5.75 Å². The minimum Gasteiger partial charge on any atom is -0.483 e. The predicted octanol–water partition coefficient (Wildman–Crippen LogP) is 2.31. The Morgan fingerprint density at radius 3 is 2.72 bits per heavy atom. The third-order valence-electron chi connectivity index (χ3n) is 4.20. The van der Waals surface area contributed by atoms with Gasteiger partial charge in [-0.25, -0.2) is 0 Å². The van der Waals surface area contributed by atoms with Crippen molar-refractivity contribution in [3.8, 4) is 5.75 Å². The lowest BCUT2D eigenvalue weighted by molar-refractivity contribution is -0.134. The number of piperazine rings is 1. The largest absolute Gasteiger partial charge is 0.483 e. The Morgan fingerprint density at radius 2 is 2.00 bits per heavy atom. The maximum absolute atomic E-state index is 12.3. The second-order valence-electron chi connectivity index (χ2n) is 6.21. The lowest BCUT2D eigenvalue weighted by Crippen LogP contribution is -2.48. The molecule has 6 nitrogen and oxygen atoms in total. The summed E-state index contributed by atoms with van der Waals surface area (Å²) >= 11 is 0. The van der Waals surface area contributed by atoms with Crippen molar-refractivity contribution < 1.29 is 14.1 Å². The molecule has 3 rings (SSSR count). The van der Waals surface area contributed by atoms with Crippen molar-refractivity contribution in [3.05, 3.63) is 47.3 Å². The number of carbonyl (C=O) groups excluding carboxylic acids is 1. The number of aromatic nitrogens is 1. The Hall–Kier alpha value is -2.60. The van der Waals surface area contributed by atoms with Gasteiger partial charge in [-0.15, -0.1) is 0 Å². The average molecular weight is 341 g/mol. The van der Waals surface area contributed by atoms with E-state index in [0.29, 0.717) is 11.5 Å². The first-order valence-corrected chi connectivity index (χ1v) is 8.41. The first-order valence-electron chi connectivity index (χ1n) is 8.41. The van der Waals surface area contributed by atoms with E-state index in [-0.39, 0.29) is 12.5 Å². The monoisotopic (exact) mass is 341 g/mol. The maximum Gasteiger partial charge on any atom is 0.260 e. The van der Waals surface area contributed by atoms with Crippen molar-refractivity contribution in [2.45, 2.75) is 6.92 Å². The summed E-state index contributed by atoms with van der Waals surface area (Å²) in [6.07, 6.45) is 3.74. The Morgan fingerprint density at radius 1 is 1.24 bits per heavy atom. The quantitative estimate of drug-likeness (QED) is 0.835. The minimum absolute atomic E-state index is 0.0257. The zero-order valence-electron chi connectivity index (χ0n) is 14.6. The molecule has 0 atom stereocenters. The van der Waals surface area contributed by atoms with Crippen molar-refractivity contribution in [3.63, 3.8) is 0 Å². The van der Waals surface area contributed by atoms with Crippen LogP contribution in [0.4, 0.5) is 0 Å². The van der Waals surface area contributed by atoms with Gasteiger partial charge in [-0.2, -0.15) is 0 Å². The van der Waals surface area contributed by atoms with Crippen molar-refractivity contribution in [1.82, 2.24) is 15.0 Å². The lowest BCUT2D eigenvalue weighted by atomic mass is 10.2. The SMILES string of the molecule is Cc1cc(/C=C/c2ccccc2OCC(=O)N2CCN(C)CC2)on1. The highest BCUT2D eigenvalue weighted by Crippen LogP contribution is 2.21. The number of hydrogen-bond acceptors (Lipinski definition) is 5. The Kier molecular flexibility index (Phi) is 5.50. The molecule has 2 heterocycles. The van der Waals surface area contributed by atoms with E-state index in [1.165, 1.54) is 0 Å². The molecule has 1 aromatic carbocycles. The highest BCUT2D eigenvalue weighted by molar-refractivity contribution is 5.78. The number of aryl methyl sites for hydroxylation is 1. The summed E-state index contributed by atoms with van der Waals surface area (Å²) < 4.78 is 10.9. The summed E-state index contributed by atoms with van der Waals surface area (Å²) in [6.45, 7) is 5.25. The van der Waals surface area contributed by atoms with Crippen LogP contribution in [-0.2, 0) is 4.79 Å². The van der Waals surface area contributed by atoms with Crippen LogP contribution in [0, 0.1) is 6.92 Å². The molecule has 2 aromatic rings. The number of amides is 1. The smallest absolute Gasteiger partial charge is 0.260 e. The van der Waals surface area contributed by atoms with E-state index < -0.39 is 0 Å². The third-order valence-corrected chi connectivity index (χ3v) is 4.20. The van der Waals surface area contributed by atoms with E-state index in [2.05, 4.69) is 17.1 Å². The Balaban J connectivity index is 1.61. The van der Waals surface area contributed by atoms with Crippen molar-refractivity contribution in [2.75, 3.05) is 39.8 Å². The molecule has 132 valence electrons. The van der Waals surface area contributed by atoms with Gasteiger partial charge in [-0.3, -0.25) is 4.79 Å². The summed E-state index contributed by atoms with van der Waals surface area (Å²) in [5.41, 5.74) is 1.73. The fourth-order valence-corrected chi connectivity index (χ4v) is 2.67. The molecule has 0 radical (unpaired) electrons. The number of para-hydroxylation sites is 1. The van der Waals surface area contributed by atoms with Crippen LogP contribution >= 0.6 is 0 Å². The molecule has 1 aliphatic rings. The van der Waals surface area contributed by atoms with Crippen LogP contribution in [0.5, 0.6) is 5.75 Å². The number of likely N-dealkylation sites (N-methyl/N-ethyl adjacent to an activating group) is 1. The van der Waals surface area contributed by atoms with Crippen molar-refractivity contribution >= 4 is 18.1 Å². The molecule has 0 unspecified atom stereocenters. The molecule has 1 amide bonds. The topological polar surface area (TPSA) is 58.8 Å². The number of rotatable bonds is 5. The molecular weight excluding hydrogens is 318 g/mol. The number of carbonyl (C=O) groups is 1. The molecule has 1 saturated heterocycles. The first kappa shape index (κ1) is 17.2. The molecular formula is C19H23N3O3. The van der Waals surface area contributed by atoms with Crippen LogP contribution < -0.4 is 4.74 Å². The lowest BCUT2D eigenvalue weighted by Gasteiger charge is -2.32. The summed E-state index contributed by atoms with van der Waals surface area (Å²) in [6, 6.07) is 9.49. The second-order valence-corrected chi connectivity index (χ2v) is 6.21. The molecule has 1 aliphatic heterocycles. The predicted molar refractivity (Wildman–Crippen MR) is 96.2 cm³/mol. The summed E-state index contributed by atoms with van der Waals surface area (Å²) in [7, 11) is 2.07. The minimum atomic E-state index is 0.0257. The van der Waals surface area contributed by atoms with Crippen LogP contribution in [0.1, 0.15) is 17.0 Å². The van der Waals surface area contributed by atoms with Gasteiger partial charge in [0.25, 0.3) is 5.91 Å². The summed E-state index contributed by atoms with van der Waals surface area (Å²) in [4.78, 5) is 16.4. The third kappa shape index (κ3) is 4.70. The molecule has 25 heavy (non-hydrogen) atoms. The normalized spacial score (nSPS) is 15.7. The van der Waals surface area contributed by atoms with Gasteiger partial charge in [0.15, 0.2) is 12.4 Å². The van der Waals surface area contributed by atoms with Crippen molar-refractivity contribution in [2.24, 2.45) is 0 Å². The molecule has 0 bridgehead atoms. The van der Waals surface area contributed by atoms with Crippen LogP contribution in [-0.4, -0.2) is 60.7 Å². The number of hydrogen-bond donors (Lipinski definition) is 0. The number of benzene rings is 1. The second kappa shape index (κ2) is 7.98. The fourth-order valence-electron chi connectivity index (χ4n) is 2.67. The Labute approximate surface area is 147 Å². The zero-order valence-corrected chi connectivity index (χ0v) is 14.6.